The number of hydrogen-bond acceptors (Lipinski definition) is 7. The summed E-state index contributed by atoms with van der Waals surface area (Å²) in [5, 5.41) is 13.9. The van der Waals surface area contributed by atoms with E-state index in [-0.39, 0.29) is 24.1 Å². The number of aliphatic imine (C=N–C) groups is 1. The molecule has 4 N–H and O–H groups in total. The van der Waals surface area contributed by atoms with Crippen molar-refractivity contribution in [2.45, 2.75) is 6.04 Å². The number of nitrogens with one attached hydrogen (secondary N) is 1. The highest BCUT2D eigenvalue weighted by Crippen LogP contribution is 2.32. The van der Waals surface area contributed by atoms with Gasteiger partial charge in [-0.2, -0.15) is 4.99 Å². The predicted octanol–water partition coefficient (Wildman–Crippen LogP) is 2.64. The van der Waals surface area contributed by atoms with Gasteiger partial charge in [0.2, 0.25) is 0 Å². The average Bonchev–Trinajstić information content (AvgIpc) is 3.15. The molecule has 4 rings (SSSR count). The first-order valence-corrected chi connectivity index (χ1v) is 10.5. The SMILES string of the molecule is COc1c(C(N)=O)cnc2ccc(/C=C3\SC(N[C@@H](CO)c4ccccc4)=NC3=O)cc12. The average molecular weight is 449 g/mol. The number of thioether (sulfide) groups is 1. The number of carbonyl (C=O) groups is 2. The van der Waals surface area contributed by atoms with E-state index in [4.69, 9.17) is 10.5 Å². The summed E-state index contributed by atoms with van der Waals surface area (Å²) in [6, 6.07) is 14.4. The van der Waals surface area contributed by atoms with Crippen LogP contribution in [0.4, 0.5) is 0 Å². The molecule has 9 heteroatoms. The number of benzene rings is 2. The number of methoxy groups -OCH3 is 1. The standard InChI is InChI=1S/C23H20N4O4S/c1-31-20-15-9-13(7-8-17(15)25-11-16(20)21(24)29)10-19-22(30)27-23(32-19)26-18(12-28)14-5-3-2-4-6-14/h2-11,18,28H,12H2,1H3,(H2,24,29)(H,26,27,30)/b19-10-/t18-/m0/s1. The molecule has 1 aliphatic heterocycles. The fourth-order valence-corrected chi connectivity index (χ4v) is 4.23. The molecule has 0 spiro atoms. The van der Waals surface area contributed by atoms with Gasteiger partial charge in [-0.3, -0.25) is 14.6 Å². The molecule has 1 atom stereocenters. The van der Waals surface area contributed by atoms with Gasteiger partial charge in [-0.15, -0.1) is 0 Å². The molecule has 32 heavy (non-hydrogen) atoms. The van der Waals surface area contributed by atoms with Crippen LogP contribution >= 0.6 is 11.8 Å². The lowest BCUT2D eigenvalue weighted by Crippen LogP contribution is -2.27. The van der Waals surface area contributed by atoms with Crippen LogP contribution in [0.5, 0.6) is 5.75 Å². The number of aliphatic hydroxyl groups excluding tert-OH is 1. The van der Waals surface area contributed by atoms with E-state index in [9.17, 15) is 14.7 Å². The monoisotopic (exact) mass is 448 g/mol. The van der Waals surface area contributed by atoms with E-state index in [0.29, 0.717) is 32.3 Å². The fraction of sp³-hybridized carbons (Fsp3) is 0.130. The molecule has 0 saturated heterocycles. The zero-order valence-corrected chi connectivity index (χ0v) is 17.9. The van der Waals surface area contributed by atoms with Crippen LogP contribution in [0.15, 0.2) is 64.6 Å². The fourth-order valence-electron chi connectivity index (χ4n) is 3.36. The Kier molecular flexibility index (Phi) is 6.20. The molecule has 2 aromatic carbocycles. The first kappa shape index (κ1) is 21.5. The van der Waals surface area contributed by atoms with Crippen LogP contribution in [0, 0.1) is 0 Å². The minimum atomic E-state index is -0.637. The van der Waals surface area contributed by atoms with Crippen molar-refractivity contribution in [3.8, 4) is 5.75 Å². The van der Waals surface area contributed by atoms with Crippen molar-refractivity contribution in [3.05, 3.63) is 76.3 Å². The quantitative estimate of drug-likeness (QED) is 0.495. The van der Waals surface area contributed by atoms with Gasteiger partial charge in [0, 0.05) is 11.6 Å². The van der Waals surface area contributed by atoms with Crippen molar-refractivity contribution in [2.75, 3.05) is 13.7 Å². The minimum absolute atomic E-state index is 0.142. The summed E-state index contributed by atoms with van der Waals surface area (Å²) in [5.74, 6) is -0.679. The Hall–Kier alpha value is -3.69. The molecule has 0 radical (unpaired) electrons. The van der Waals surface area contributed by atoms with Crippen molar-refractivity contribution in [1.82, 2.24) is 10.3 Å². The summed E-state index contributed by atoms with van der Waals surface area (Å²) in [6.07, 6.45) is 3.09. The number of amidine groups is 1. The minimum Gasteiger partial charge on any atom is -0.495 e. The molecular formula is C23H20N4O4S. The molecule has 0 fully saturated rings. The summed E-state index contributed by atoms with van der Waals surface area (Å²) in [7, 11) is 1.46. The maximum atomic E-state index is 12.4. The highest BCUT2D eigenvalue weighted by Gasteiger charge is 2.24. The van der Waals surface area contributed by atoms with E-state index in [1.54, 1.807) is 18.2 Å². The molecule has 1 aromatic heterocycles. The Morgan fingerprint density at radius 2 is 2.06 bits per heavy atom. The molecule has 0 saturated carbocycles. The zero-order valence-electron chi connectivity index (χ0n) is 17.1. The topological polar surface area (TPSA) is 127 Å². The maximum absolute atomic E-state index is 12.4. The van der Waals surface area contributed by atoms with Gasteiger partial charge in [0.1, 0.15) is 11.3 Å². The predicted molar refractivity (Wildman–Crippen MR) is 124 cm³/mol. The lowest BCUT2D eigenvalue weighted by atomic mass is 10.1. The number of aliphatic hydroxyl groups is 1. The lowest BCUT2D eigenvalue weighted by molar-refractivity contribution is -0.113. The lowest BCUT2D eigenvalue weighted by Gasteiger charge is -2.16. The van der Waals surface area contributed by atoms with Gasteiger partial charge >= 0.3 is 0 Å². The molecule has 0 unspecified atom stereocenters. The second kappa shape index (κ2) is 9.21. The van der Waals surface area contributed by atoms with Gasteiger partial charge in [0.25, 0.3) is 11.8 Å². The van der Waals surface area contributed by atoms with Gasteiger partial charge in [0.05, 0.1) is 30.2 Å². The number of aromatic nitrogens is 1. The molecule has 162 valence electrons. The van der Waals surface area contributed by atoms with Crippen LogP contribution in [0.25, 0.3) is 17.0 Å². The molecule has 3 aromatic rings. The number of ether oxygens (including phenoxy) is 1. The van der Waals surface area contributed by atoms with Crippen LogP contribution in [-0.2, 0) is 4.79 Å². The number of pyridine rings is 1. The van der Waals surface area contributed by atoms with Gasteiger partial charge in [-0.1, -0.05) is 36.4 Å². The summed E-state index contributed by atoms with van der Waals surface area (Å²) in [5.41, 5.74) is 7.84. The second-order valence-corrected chi connectivity index (χ2v) is 8.00. The number of rotatable bonds is 6. The number of fused-ring (bicyclic) bond motifs is 1. The number of nitrogens with zero attached hydrogens (tertiary/aromatic N) is 2. The van der Waals surface area contributed by atoms with Gasteiger partial charge in [-0.25, -0.2) is 0 Å². The van der Waals surface area contributed by atoms with Crippen LogP contribution in [0.3, 0.4) is 0 Å². The molecule has 0 aliphatic carbocycles. The molecule has 2 amide bonds. The third-order valence-corrected chi connectivity index (χ3v) is 5.83. The number of amides is 2. The van der Waals surface area contributed by atoms with E-state index in [1.807, 2.05) is 36.4 Å². The molecule has 8 nitrogen and oxygen atoms in total. The van der Waals surface area contributed by atoms with Crippen LogP contribution in [0.2, 0.25) is 0 Å². The highest BCUT2D eigenvalue weighted by molar-refractivity contribution is 8.18. The first-order chi connectivity index (χ1) is 15.5. The number of primary amides is 1. The van der Waals surface area contributed by atoms with Crippen LogP contribution < -0.4 is 15.8 Å². The summed E-state index contributed by atoms with van der Waals surface area (Å²) in [4.78, 5) is 32.9. The van der Waals surface area contributed by atoms with Crippen molar-refractivity contribution in [3.63, 3.8) is 0 Å². The zero-order chi connectivity index (χ0) is 22.7. The van der Waals surface area contributed by atoms with Gasteiger partial charge < -0.3 is 20.9 Å². The smallest absolute Gasteiger partial charge is 0.286 e. The number of nitrogens with two attached hydrogens (primary N) is 1. The van der Waals surface area contributed by atoms with Crippen LogP contribution in [0.1, 0.15) is 27.5 Å². The molecule has 0 bridgehead atoms. The second-order valence-electron chi connectivity index (χ2n) is 6.97. The summed E-state index contributed by atoms with van der Waals surface area (Å²) >= 11 is 1.19. The Labute approximate surface area is 188 Å². The van der Waals surface area contributed by atoms with Crippen LogP contribution in [-0.4, -0.2) is 40.8 Å². The van der Waals surface area contributed by atoms with Crippen molar-refractivity contribution < 1.29 is 19.4 Å². The third-order valence-electron chi connectivity index (χ3n) is 4.91. The highest BCUT2D eigenvalue weighted by atomic mass is 32.2. The first-order valence-electron chi connectivity index (χ1n) is 9.71. The Bertz CT molecular complexity index is 1260. The normalized spacial score (nSPS) is 15.6. The Morgan fingerprint density at radius 1 is 1.28 bits per heavy atom. The number of hydrogen-bond donors (Lipinski definition) is 3. The van der Waals surface area contributed by atoms with Crippen molar-refractivity contribution in [1.29, 1.82) is 0 Å². The van der Waals surface area contributed by atoms with E-state index in [1.165, 1.54) is 25.1 Å². The number of carbonyl (C=O) groups excluding carboxylic acids is 2. The maximum Gasteiger partial charge on any atom is 0.286 e. The van der Waals surface area contributed by atoms with E-state index in [2.05, 4.69) is 15.3 Å². The molecular weight excluding hydrogens is 428 g/mol. The third kappa shape index (κ3) is 4.34. The summed E-state index contributed by atoms with van der Waals surface area (Å²) in [6.45, 7) is -0.142. The van der Waals surface area contributed by atoms with E-state index in [0.717, 1.165) is 5.56 Å². The van der Waals surface area contributed by atoms with Crippen molar-refractivity contribution >= 4 is 45.7 Å². The Morgan fingerprint density at radius 3 is 2.75 bits per heavy atom. The van der Waals surface area contributed by atoms with Gasteiger partial charge in [0.15, 0.2) is 5.17 Å². The summed E-state index contributed by atoms with van der Waals surface area (Å²) < 4.78 is 5.39. The van der Waals surface area contributed by atoms with E-state index < -0.39 is 5.91 Å². The van der Waals surface area contributed by atoms with Crippen molar-refractivity contribution in [2.24, 2.45) is 10.7 Å². The Balaban J connectivity index is 1.59. The largest absolute Gasteiger partial charge is 0.495 e. The van der Waals surface area contributed by atoms with Gasteiger partial charge in [-0.05, 0) is 41.1 Å². The molecule has 1 aliphatic rings. The van der Waals surface area contributed by atoms with E-state index >= 15 is 0 Å². The molecule has 2 heterocycles.